The molecule has 1 rings (SSSR count). The minimum atomic E-state index is -0.0896. The van der Waals surface area contributed by atoms with Crippen molar-refractivity contribution in [2.45, 2.75) is 33.1 Å². The third-order valence-electron chi connectivity index (χ3n) is 2.26. The molecule has 3 heteroatoms. The van der Waals surface area contributed by atoms with Crippen LogP contribution in [0, 0.1) is 6.92 Å². The second kappa shape index (κ2) is 3.93. The number of nitrogens with one attached hydrogen (secondary N) is 1. The normalized spacial score (nSPS) is 11.2. The van der Waals surface area contributed by atoms with Crippen LogP contribution in [0.25, 0.3) is 0 Å². The Kier molecular flexibility index (Phi) is 3.03. The van der Waals surface area contributed by atoms with E-state index in [9.17, 15) is 5.11 Å². The predicted octanol–water partition coefficient (Wildman–Crippen LogP) is 3.03. The summed E-state index contributed by atoms with van der Waals surface area (Å²) in [7, 11) is 0. The predicted molar refractivity (Wildman–Crippen MR) is 64.7 cm³/mol. The average molecular weight is 206 g/mol. The molecule has 0 unspecified atom stereocenters. The quantitative estimate of drug-likeness (QED) is 0.444. The summed E-state index contributed by atoms with van der Waals surface area (Å²) >= 11 is 0. The maximum atomic E-state index is 10.0. The molecule has 0 aliphatic heterocycles. The molecule has 1 aromatic rings. The minimum absolute atomic E-state index is 0.0896. The zero-order chi connectivity index (χ0) is 11.6. The van der Waals surface area contributed by atoms with E-state index in [4.69, 9.17) is 0 Å². The van der Waals surface area contributed by atoms with E-state index in [-0.39, 0.29) is 11.2 Å². The molecule has 0 saturated carbocycles. The van der Waals surface area contributed by atoms with Gasteiger partial charge in [0.15, 0.2) is 0 Å². The molecule has 0 radical (unpaired) electrons. The van der Waals surface area contributed by atoms with Crippen LogP contribution < -0.4 is 5.43 Å². The zero-order valence-electron chi connectivity index (χ0n) is 9.76. The highest BCUT2D eigenvalue weighted by molar-refractivity contribution is 5.62. The van der Waals surface area contributed by atoms with Gasteiger partial charge in [0.25, 0.3) is 0 Å². The molecule has 2 N–H and O–H groups in total. The molecule has 15 heavy (non-hydrogen) atoms. The van der Waals surface area contributed by atoms with Crippen molar-refractivity contribution in [2.75, 3.05) is 5.43 Å². The summed E-state index contributed by atoms with van der Waals surface area (Å²) in [5, 5.41) is 13.6. The fourth-order valence-corrected chi connectivity index (χ4v) is 1.52. The second-order valence-electron chi connectivity index (χ2n) is 4.73. The van der Waals surface area contributed by atoms with E-state index in [0.717, 1.165) is 11.1 Å². The molecule has 0 bridgehead atoms. The molecule has 0 amide bonds. The molecule has 0 aliphatic rings. The van der Waals surface area contributed by atoms with Crippen LogP contribution in [0.1, 0.15) is 31.9 Å². The smallest absolute Gasteiger partial charge is 0.144 e. The van der Waals surface area contributed by atoms with Crippen molar-refractivity contribution in [1.82, 2.24) is 0 Å². The molecule has 82 valence electrons. The molecule has 0 fully saturated rings. The van der Waals surface area contributed by atoms with Gasteiger partial charge in [-0.2, -0.15) is 5.10 Å². The molecule has 0 atom stereocenters. The van der Waals surface area contributed by atoms with Crippen LogP contribution in [0.2, 0.25) is 0 Å². The second-order valence-corrected chi connectivity index (χ2v) is 4.73. The van der Waals surface area contributed by atoms with Crippen LogP contribution in [0.15, 0.2) is 17.2 Å². The van der Waals surface area contributed by atoms with E-state index in [0.29, 0.717) is 5.69 Å². The molecule has 0 heterocycles. The first kappa shape index (κ1) is 11.6. The van der Waals surface area contributed by atoms with E-state index in [2.05, 4.69) is 38.0 Å². The number of hydrazone groups is 1. The molecule has 0 spiro atoms. The first-order chi connectivity index (χ1) is 6.86. The highest BCUT2D eigenvalue weighted by Crippen LogP contribution is 2.37. The fraction of sp³-hybridized carbons (Fsp3) is 0.417. The topological polar surface area (TPSA) is 44.6 Å². The number of aryl methyl sites for hydroxylation is 1. The lowest BCUT2D eigenvalue weighted by Gasteiger charge is -2.22. The Bertz CT molecular complexity index is 378. The van der Waals surface area contributed by atoms with Crippen molar-refractivity contribution in [3.8, 4) is 5.75 Å². The van der Waals surface area contributed by atoms with Crippen molar-refractivity contribution in [3.63, 3.8) is 0 Å². The van der Waals surface area contributed by atoms with Gasteiger partial charge < -0.3 is 5.11 Å². The number of phenols is 1. The van der Waals surface area contributed by atoms with Crippen LogP contribution in [0.4, 0.5) is 5.69 Å². The summed E-state index contributed by atoms with van der Waals surface area (Å²) in [5.41, 5.74) is 5.21. The van der Waals surface area contributed by atoms with E-state index in [1.807, 2.05) is 19.1 Å². The van der Waals surface area contributed by atoms with Crippen LogP contribution in [-0.4, -0.2) is 11.8 Å². The van der Waals surface area contributed by atoms with Gasteiger partial charge >= 0.3 is 0 Å². The molecular formula is C12H18N2O. The van der Waals surface area contributed by atoms with E-state index >= 15 is 0 Å². The summed E-state index contributed by atoms with van der Waals surface area (Å²) in [6.45, 7) is 11.5. The number of anilines is 1. The van der Waals surface area contributed by atoms with Gasteiger partial charge in [-0.1, -0.05) is 26.8 Å². The molecule has 0 saturated heterocycles. The summed E-state index contributed by atoms with van der Waals surface area (Å²) < 4.78 is 0. The van der Waals surface area contributed by atoms with E-state index < -0.39 is 0 Å². The van der Waals surface area contributed by atoms with Gasteiger partial charge in [-0.05, 0) is 24.0 Å². The third kappa shape index (κ3) is 2.49. The van der Waals surface area contributed by atoms with Crippen molar-refractivity contribution >= 4 is 12.4 Å². The summed E-state index contributed by atoms with van der Waals surface area (Å²) in [6, 6.07) is 3.84. The molecule has 3 nitrogen and oxygen atoms in total. The van der Waals surface area contributed by atoms with E-state index in [1.165, 1.54) is 0 Å². The number of aromatic hydroxyl groups is 1. The number of benzene rings is 1. The summed E-state index contributed by atoms with van der Waals surface area (Å²) in [4.78, 5) is 0. The van der Waals surface area contributed by atoms with Gasteiger partial charge in [0, 0.05) is 12.3 Å². The fourth-order valence-electron chi connectivity index (χ4n) is 1.52. The van der Waals surface area contributed by atoms with Crippen LogP contribution in [-0.2, 0) is 5.41 Å². The van der Waals surface area contributed by atoms with Gasteiger partial charge in [-0.3, -0.25) is 5.43 Å². The Morgan fingerprint density at radius 1 is 1.33 bits per heavy atom. The average Bonchev–Trinajstić information content (AvgIpc) is 2.09. The Morgan fingerprint density at radius 3 is 2.40 bits per heavy atom. The van der Waals surface area contributed by atoms with Gasteiger partial charge in [-0.25, -0.2) is 0 Å². The van der Waals surface area contributed by atoms with Crippen molar-refractivity contribution in [3.05, 3.63) is 23.3 Å². The van der Waals surface area contributed by atoms with Crippen LogP contribution in [0.3, 0.4) is 0 Å². The number of rotatable bonds is 2. The molecule has 0 aliphatic carbocycles. The molecule has 1 aromatic carbocycles. The minimum Gasteiger partial charge on any atom is -0.505 e. The van der Waals surface area contributed by atoms with Crippen molar-refractivity contribution < 1.29 is 5.11 Å². The Hall–Kier alpha value is -1.51. The van der Waals surface area contributed by atoms with Gasteiger partial charge in [0.05, 0.1) is 5.69 Å². The number of phenolic OH excluding ortho intramolecular Hbond substituents is 1. The number of hydrogen-bond acceptors (Lipinski definition) is 3. The number of nitrogens with zero attached hydrogens (tertiary/aromatic N) is 1. The first-order valence-corrected chi connectivity index (χ1v) is 4.92. The highest BCUT2D eigenvalue weighted by atomic mass is 16.3. The number of hydrogen-bond donors (Lipinski definition) is 2. The Morgan fingerprint density at radius 2 is 1.93 bits per heavy atom. The van der Waals surface area contributed by atoms with Gasteiger partial charge in [0.2, 0.25) is 0 Å². The largest absolute Gasteiger partial charge is 0.505 e. The highest BCUT2D eigenvalue weighted by Gasteiger charge is 2.20. The lowest BCUT2D eigenvalue weighted by Crippen LogP contribution is -2.12. The van der Waals surface area contributed by atoms with Crippen molar-refractivity contribution in [2.24, 2.45) is 5.10 Å². The zero-order valence-corrected chi connectivity index (χ0v) is 9.76. The maximum Gasteiger partial charge on any atom is 0.144 e. The lowest BCUT2D eigenvalue weighted by atomic mass is 9.85. The molecular weight excluding hydrogens is 188 g/mol. The Balaban J connectivity index is 3.34. The monoisotopic (exact) mass is 206 g/mol. The summed E-state index contributed by atoms with van der Waals surface area (Å²) in [6.07, 6.45) is 0. The SMILES string of the molecule is C=NNc1cc(C)cc(C(C)(C)C)c1O. The van der Waals surface area contributed by atoms with Gasteiger partial charge in [-0.15, -0.1) is 0 Å². The lowest BCUT2D eigenvalue weighted by molar-refractivity contribution is 0.448. The first-order valence-electron chi connectivity index (χ1n) is 4.92. The van der Waals surface area contributed by atoms with Crippen molar-refractivity contribution in [1.29, 1.82) is 0 Å². The third-order valence-corrected chi connectivity index (χ3v) is 2.26. The van der Waals surface area contributed by atoms with Crippen LogP contribution in [0.5, 0.6) is 5.75 Å². The summed E-state index contributed by atoms with van der Waals surface area (Å²) in [5.74, 6) is 0.250. The maximum absolute atomic E-state index is 10.0. The Labute approximate surface area is 90.8 Å². The standard InChI is InChI=1S/C12H18N2O/c1-8-6-9(12(2,3)4)11(15)10(7-8)14-13-5/h6-7,14-15H,5H2,1-4H3. The van der Waals surface area contributed by atoms with Gasteiger partial charge in [0.1, 0.15) is 5.75 Å². The molecule has 0 aromatic heterocycles. The van der Waals surface area contributed by atoms with Crippen LogP contribution >= 0.6 is 0 Å². The van der Waals surface area contributed by atoms with E-state index in [1.54, 1.807) is 0 Å².